The van der Waals surface area contributed by atoms with E-state index in [0.29, 0.717) is 11.9 Å². The first kappa shape index (κ1) is 13.9. The topological polar surface area (TPSA) is 32.3 Å². The lowest BCUT2D eigenvalue weighted by Gasteiger charge is -2.40. The first-order valence-electron chi connectivity index (χ1n) is 7.75. The Morgan fingerprint density at radius 2 is 2.11 bits per heavy atom. The molecule has 1 heterocycles. The van der Waals surface area contributed by atoms with Crippen molar-refractivity contribution in [2.45, 2.75) is 64.8 Å². The lowest BCUT2D eigenvalue weighted by Crippen LogP contribution is -2.52. The number of rotatable bonds is 6. The molecule has 1 saturated carbocycles. The van der Waals surface area contributed by atoms with E-state index in [4.69, 9.17) is 0 Å². The summed E-state index contributed by atoms with van der Waals surface area (Å²) in [6.07, 6.45) is 7.92. The second kappa shape index (κ2) is 6.05. The average molecular weight is 252 g/mol. The van der Waals surface area contributed by atoms with Crippen LogP contribution in [0.2, 0.25) is 0 Å². The fourth-order valence-corrected chi connectivity index (χ4v) is 3.33. The number of hydrogen-bond acceptors (Lipinski definition) is 2. The van der Waals surface area contributed by atoms with Gasteiger partial charge in [0.25, 0.3) is 0 Å². The number of hydrogen-bond donors (Lipinski definition) is 1. The predicted molar refractivity (Wildman–Crippen MR) is 74.5 cm³/mol. The Labute approximate surface area is 111 Å². The summed E-state index contributed by atoms with van der Waals surface area (Å²) in [5.74, 6) is 0.445. The molecule has 0 radical (unpaired) electrons. The van der Waals surface area contributed by atoms with E-state index in [1.807, 2.05) is 0 Å². The molecule has 1 unspecified atom stereocenters. The van der Waals surface area contributed by atoms with Gasteiger partial charge in [-0.1, -0.05) is 20.3 Å². The van der Waals surface area contributed by atoms with E-state index in [1.165, 1.54) is 12.8 Å². The molecule has 104 valence electrons. The van der Waals surface area contributed by atoms with Crippen LogP contribution in [-0.4, -0.2) is 36.5 Å². The highest BCUT2D eigenvalue weighted by Gasteiger charge is 2.44. The van der Waals surface area contributed by atoms with Crippen LogP contribution in [0.5, 0.6) is 0 Å². The van der Waals surface area contributed by atoms with Gasteiger partial charge in [-0.2, -0.15) is 0 Å². The normalized spacial score (nSPS) is 28.1. The summed E-state index contributed by atoms with van der Waals surface area (Å²) in [7, 11) is 0. The van der Waals surface area contributed by atoms with Gasteiger partial charge in [0.1, 0.15) is 0 Å². The van der Waals surface area contributed by atoms with Crippen molar-refractivity contribution in [3.05, 3.63) is 0 Å². The molecular formula is C15H28N2O. The minimum atomic E-state index is -0.0925. The Hall–Kier alpha value is -0.570. The summed E-state index contributed by atoms with van der Waals surface area (Å²) in [6, 6.07) is 0.563. The number of nitrogens with one attached hydrogen (secondary N) is 1. The van der Waals surface area contributed by atoms with Gasteiger partial charge in [0.2, 0.25) is 5.91 Å². The second-order valence-corrected chi connectivity index (χ2v) is 6.04. The quantitative estimate of drug-likeness (QED) is 0.788. The molecule has 1 saturated heterocycles. The molecular weight excluding hydrogens is 224 g/mol. The maximum atomic E-state index is 13.0. The van der Waals surface area contributed by atoms with Crippen LogP contribution in [0, 0.1) is 5.41 Å². The fraction of sp³-hybridized carbons (Fsp3) is 0.933. The number of amides is 1. The summed E-state index contributed by atoms with van der Waals surface area (Å²) in [4.78, 5) is 15.2. The van der Waals surface area contributed by atoms with Gasteiger partial charge in [-0.25, -0.2) is 0 Å². The van der Waals surface area contributed by atoms with E-state index in [1.54, 1.807) is 0 Å². The molecule has 2 fully saturated rings. The van der Waals surface area contributed by atoms with Crippen LogP contribution in [0.1, 0.15) is 58.8 Å². The third kappa shape index (κ3) is 2.87. The Morgan fingerprint density at radius 3 is 2.61 bits per heavy atom. The van der Waals surface area contributed by atoms with Crippen molar-refractivity contribution in [3.63, 3.8) is 0 Å². The van der Waals surface area contributed by atoms with E-state index >= 15 is 0 Å². The molecule has 2 rings (SSSR count). The van der Waals surface area contributed by atoms with Gasteiger partial charge in [-0.05, 0) is 45.1 Å². The third-order valence-corrected chi connectivity index (χ3v) is 4.37. The van der Waals surface area contributed by atoms with E-state index in [0.717, 1.165) is 51.7 Å². The van der Waals surface area contributed by atoms with Gasteiger partial charge < -0.3 is 10.2 Å². The molecule has 1 atom stereocenters. The lowest BCUT2D eigenvalue weighted by atomic mass is 9.75. The van der Waals surface area contributed by atoms with Gasteiger partial charge in [0, 0.05) is 19.1 Å². The SMILES string of the molecule is CCCN(C(=O)C1(CCC)CCCNC1)C1CC1. The maximum Gasteiger partial charge on any atom is 0.230 e. The Balaban J connectivity index is 2.09. The number of carbonyl (C=O) groups is 1. The fourth-order valence-electron chi connectivity index (χ4n) is 3.33. The van der Waals surface area contributed by atoms with Crippen LogP contribution in [0.4, 0.5) is 0 Å². The van der Waals surface area contributed by atoms with Crippen LogP contribution >= 0.6 is 0 Å². The zero-order valence-electron chi connectivity index (χ0n) is 12.0. The largest absolute Gasteiger partial charge is 0.339 e. The van der Waals surface area contributed by atoms with E-state index in [-0.39, 0.29) is 5.41 Å². The van der Waals surface area contributed by atoms with Crippen LogP contribution < -0.4 is 5.32 Å². The summed E-state index contributed by atoms with van der Waals surface area (Å²) >= 11 is 0. The van der Waals surface area contributed by atoms with Crippen molar-refractivity contribution in [1.82, 2.24) is 10.2 Å². The summed E-state index contributed by atoms with van der Waals surface area (Å²) < 4.78 is 0. The minimum absolute atomic E-state index is 0.0925. The van der Waals surface area contributed by atoms with Gasteiger partial charge in [-0.3, -0.25) is 4.79 Å². The van der Waals surface area contributed by atoms with Crippen LogP contribution in [0.3, 0.4) is 0 Å². The minimum Gasteiger partial charge on any atom is -0.339 e. The first-order valence-corrected chi connectivity index (χ1v) is 7.75. The number of carbonyl (C=O) groups excluding carboxylic acids is 1. The molecule has 1 amide bonds. The zero-order valence-corrected chi connectivity index (χ0v) is 12.0. The maximum absolute atomic E-state index is 13.0. The zero-order chi connectivity index (χ0) is 13.0. The van der Waals surface area contributed by atoms with Crippen molar-refractivity contribution >= 4 is 5.91 Å². The van der Waals surface area contributed by atoms with Crippen LogP contribution in [0.25, 0.3) is 0 Å². The van der Waals surface area contributed by atoms with Crippen molar-refractivity contribution in [2.24, 2.45) is 5.41 Å². The van der Waals surface area contributed by atoms with Crippen LogP contribution in [0.15, 0.2) is 0 Å². The third-order valence-electron chi connectivity index (χ3n) is 4.37. The molecule has 1 aliphatic heterocycles. The number of piperidine rings is 1. The molecule has 1 N–H and O–H groups in total. The molecule has 1 aliphatic carbocycles. The van der Waals surface area contributed by atoms with Gasteiger partial charge in [0.15, 0.2) is 0 Å². The highest BCUT2D eigenvalue weighted by molar-refractivity contribution is 5.83. The summed E-state index contributed by atoms with van der Waals surface area (Å²) in [5.41, 5.74) is -0.0925. The molecule has 3 heteroatoms. The van der Waals surface area contributed by atoms with Gasteiger partial charge in [0.05, 0.1) is 5.41 Å². The first-order chi connectivity index (χ1) is 8.73. The highest BCUT2D eigenvalue weighted by Crippen LogP contribution is 2.37. The van der Waals surface area contributed by atoms with Gasteiger partial charge in [-0.15, -0.1) is 0 Å². The van der Waals surface area contributed by atoms with Crippen molar-refractivity contribution in [1.29, 1.82) is 0 Å². The monoisotopic (exact) mass is 252 g/mol. The Bertz CT molecular complexity index is 275. The second-order valence-electron chi connectivity index (χ2n) is 6.04. The number of nitrogens with zero attached hydrogens (tertiary/aromatic N) is 1. The molecule has 0 spiro atoms. The molecule has 3 nitrogen and oxygen atoms in total. The Kier molecular flexibility index (Phi) is 4.66. The van der Waals surface area contributed by atoms with Crippen molar-refractivity contribution in [3.8, 4) is 0 Å². The predicted octanol–water partition coefficient (Wildman–Crippen LogP) is 2.56. The van der Waals surface area contributed by atoms with E-state index in [9.17, 15) is 4.79 Å². The molecule has 2 aliphatic rings. The molecule has 0 aromatic rings. The Morgan fingerprint density at radius 1 is 1.33 bits per heavy atom. The van der Waals surface area contributed by atoms with Gasteiger partial charge >= 0.3 is 0 Å². The van der Waals surface area contributed by atoms with E-state index in [2.05, 4.69) is 24.1 Å². The highest BCUT2D eigenvalue weighted by atomic mass is 16.2. The molecule has 0 aromatic carbocycles. The van der Waals surface area contributed by atoms with Crippen molar-refractivity contribution < 1.29 is 4.79 Å². The summed E-state index contributed by atoms with van der Waals surface area (Å²) in [5, 5.41) is 3.45. The standard InChI is InChI=1S/C15H28N2O/c1-3-8-15(9-5-10-16-12-15)14(18)17(11-4-2)13-6-7-13/h13,16H,3-12H2,1-2H3. The molecule has 18 heavy (non-hydrogen) atoms. The van der Waals surface area contributed by atoms with Crippen LogP contribution in [-0.2, 0) is 4.79 Å². The van der Waals surface area contributed by atoms with Crippen molar-refractivity contribution in [2.75, 3.05) is 19.6 Å². The average Bonchev–Trinajstić information content (AvgIpc) is 3.21. The lowest BCUT2D eigenvalue weighted by molar-refractivity contribution is -0.144. The molecule has 0 aromatic heterocycles. The molecule has 0 bridgehead atoms. The van der Waals surface area contributed by atoms with E-state index < -0.39 is 0 Å². The summed E-state index contributed by atoms with van der Waals surface area (Å²) in [6.45, 7) is 7.30. The smallest absolute Gasteiger partial charge is 0.230 e.